The molecule has 160 valence electrons. The second-order valence-corrected chi connectivity index (χ2v) is 9.04. The first-order valence-electron chi connectivity index (χ1n) is 9.59. The highest BCUT2D eigenvalue weighted by atomic mass is 32.2. The van der Waals surface area contributed by atoms with Crippen molar-refractivity contribution < 1.29 is 27.4 Å². The maximum Gasteiger partial charge on any atom is 0.246 e. The van der Waals surface area contributed by atoms with Crippen molar-refractivity contribution in [3.05, 3.63) is 0 Å². The molecule has 0 spiro atoms. The lowest BCUT2D eigenvalue weighted by molar-refractivity contribution is -0.125. The zero-order chi connectivity index (χ0) is 20.1. The van der Waals surface area contributed by atoms with Crippen LogP contribution in [-0.2, 0) is 29.0 Å². The van der Waals surface area contributed by atoms with Crippen molar-refractivity contribution in [3.8, 4) is 0 Å². The standard InChI is InChI=1S/C17H35N3O6S/c1-4-24-15-17(21)18-5-11-25-13-14-26-12-10-19-6-8-20(9-7-19)27(22,23)16(2)3/h16H,4-15H2,1-3H3,(H,18,21). The third-order valence-corrected chi connectivity index (χ3v) is 6.49. The Balaban J connectivity index is 1.96. The zero-order valence-electron chi connectivity index (χ0n) is 16.8. The van der Waals surface area contributed by atoms with Crippen molar-refractivity contribution in [2.24, 2.45) is 0 Å². The summed E-state index contributed by atoms with van der Waals surface area (Å²) in [5.41, 5.74) is 0. The van der Waals surface area contributed by atoms with Gasteiger partial charge >= 0.3 is 0 Å². The lowest BCUT2D eigenvalue weighted by Gasteiger charge is -2.34. The summed E-state index contributed by atoms with van der Waals surface area (Å²) in [6.07, 6.45) is 0. The number of carbonyl (C=O) groups is 1. The molecule has 0 radical (unpaired) electrons. The van der Waals surface area contributed by atoms with E-state index < -0.39 is 10.0 Å². The van der Waals surface area contributed by atoms with E-state index in [0.717, 1.165) is 19.6 Å². The van der Waals surface area contributed by atoms with Crippen molar-refractivity contribution in [1.29, 1.82) is 0 Å². The van der Waals surface area contributed by atoms with Gasteiger partial charge in [-0.05, 0) is 20.8 Å². The van der Waals surface area contributed by atoms with Gasteiger partial charge in [-0.2, -0.15) is 4.31 Å². The number of amides is 1. The van der Waals surface area contributed by atoms with Crippen LogP contribution in [0.5, 0.6) is 0 Å². The minimum atomic E-state index is -3.15. The monoisotopic (exact) mass is 409 g/mol. The van der Waals surface area contributed by atoms with Crippen LogP contribution in [0, 0.1) is 0 Å². The second-order valence-electron chi connectivity index (χ2n) is 6.55. The molecule has 10 heteroatoms. The van der Waals surface area contributed by atoms with Crippen LogP contribution >= 0.6 is 0 Å². The summed E-state index contributed by atoms with van der Waals surface area (Å²) >= 11 is 0. The van der Waals surface area contributed by atoms with Gasteiger partial charge in [-0.25, -0.2) is 8.42 Å². The van der Waals surface area contributed by atoms with E-state index in [1.54, 1.807) is 18.2 Å². The maximum atomic E-state index is 12.1. The van der Waals surface area contributed by atoms with Crippen LogP contribution in [0.15, 0.2) is 0 Å². The summed E-state index contributed by atoms with van der Waals surface area (Å²) in [7, 11) is -3.15. The van der Waals surface area contributed by atoms with Gasteiger partial charge in [-0.3, -0.25) is 9.69 Å². The Morgan fingerprint density at radius 1 is 1.00 bits per heavy atom. The molecule has 1 amide bonds. The Morgan fingerprint density at radius 3 is 2.22 bits per heavy atom. The molecule has 0 aromatic rings. The molecular formula is C17H35N3O6S. The van der Waals surface area contributed by atoms with E-state index in [2.05, 4.69) is 10.2 Å². The van der Waals surface area contributed by atoms with Gasteiger partial charge in [-0.1, -0.05) is 0 Å². The number of ether oxygens (including phenoxy) is 3. The average Bonchev–Trinajstić information content (AvgIpc) is 2.65. The van der Waals surface area contributed by atoms with Gasteiger partial charge in [0.25, 0.3) is 0 Å². The first-order valence-corrected chi connectivity index (χ1v) is 11.1. The fraction of sp³-hybridized carbons (Fsp3) is 0.941. The number of rotatable bonds is 14. The molecule has 0 atom stereocenters. The SMILES string of the molecule is CCOCC(=O)NCCOCCOCCN1CCN(S(=O)(=O)C(C)C)CC1. The fourth-order valence-electron chi connectivity index (χ4n) is 2.53. The lowest BCUT2D eigenvalue weighted by atomic mass is 10.3. The molecule has 0 aromatic carbocycles. The zero-order valence-corrected chi connectivity index (χ0v) is 17.6. The van der Waals surface area contributed by atoms with Crippen LogP contribution in [0.1, 0.15) is 20.8 Å². The van der Waals surface area contributed by atoms with Crippen molar-refractivity contribution in [1.82, 2.24) is 14.5 Å². The molecule has 1 fully saturated rings. The van der Waals surface area contributed by atoms with E-state index in [-0.39, 0.29) is 17.8 Å². The molecule has 0 aliphatic carbocycles. The number of nitrogens with one attached hydrogen (secondary N) is 1. The molecule has 1 N–H and O–H groups in total. The van der Waals surface area contributed by atoms with Crippen LogP contribution in [0.4, 0.5) is 0 Å². The quantitative estimate of drug-likeness (QED) is 0.387. The minimum Gasteiger partial charge on any atom is -0.378 e. The average molecular weight is 410 g/mol. The van der Waals surface area contributed by atoms with E-state index in [1.807, 2.05) is 6.92 Å². The number of sulfonamides is 1. The molecule has 1 saturated heterocycles. The number of hydrogen-bond donors (Lipinski definition) is 1. The van der Waals surface area contributed by atoms with E-state index in [1.165, 1.54) is 0 Å². The largest absolute Gasteiger partial charge is 0.378 e. The van der Waals surface area contributed by atoms with Crippen LogP contribution in [0.25, 0.3) is 0 Å². The number of carbonyl (C=O) groups excluding carboxylic acids is 1. The summed E-state index contributed by atoms with van der Waals surface area (Å²) in [6.45, 7) is 11.6. The van der Waals surface area contributed by atoms with Crippen molar-refractivity contribution in [2.75, 3.05) is 78.9 Å². The summed E-state index contributed by atoms with van der Waals surface area (Å²) in [5, 5.41) is 2.33. The predicted molar refractivity (Wildman–Crippen MR) is 103 cm³/mol. The topological polar surface area (TPSA) is 97.4 Å². The Morgan fingerprint density at radius 2 is 1.63 bits per heavy atom. The molecule has 1 heterocycles. The van der Waals surface area contributed by atoms with Crippen LogP contribution in [-0.4, -0.2) is 108 Å². The van der Waals surface area contributed by atoms with Gasteiger partial charge in [0.15, 0.2) is 0 Å². The summed E-state index contributed by atoms with van der Waals surface area (Å²) in [6, 6.07) is 0. The first kappa shape index (κ1) is 24.3. The number of nitrogens with zero attached hydrogens (tertiary/aromatic N) is 2. The fourth-order valence-corrected chi connectivity index (χ4v) is 3.80. The molecule has 0 bridgehead atoms. The molecule has 1 aliphatic rings. The molecule has 0 aromatic heterocycles. The molecule has 0 saturated carbocycles. The van der Waals surface area contributed by atoms with E-state index in [0.29, 0.717) is 52.7 Å². The van der Waals surface area contributed by atoms with Crippen molar-refractivity contribution in [3.63, 3.8) is 0 Å². The van der Waals surface area contributed by atoms with Gasteiger partial charge < -0.3 is 19.5 Å². The Hall–Kier alpha value is -0.780. The normalized spacial score (nSPS) is 16.7. The second kappa shape index (κ2) is 13.4. The van der Waals surface area contributed by atoms with E-state index >= 15 is 0 Å². The Labute approximate surface area is 163 Å². The third-order valence-electron chi connectivity index (χ3n) is 4.22. The van der Waals surface area contributed by atoms with Gasteiger partial charge in [0.05, 0.1) is 31.7 Å². The van der Waals surface area contributed by atoms with E-state index in [9.17, 15) is 13.2 Å². The van der Waals surface area contributed by atoms with Crippen LogP contribution in [0.2, 0.25) is 0 Å². The highest BCUT2D eigenvalue weighted by Crippen LogP contribution is 2.12. The summed E-state index contributed by atoms with van der Waals surface area (Å²) < 4.78 is 41.7. The molecule has 0 unspecified atom stereocenters. The molecule has 9 nitrogen and oxygen atoms in total. The number of hydrogen-bond acceptors (Lipinski definition) is 7. The maximum absolute atomic E-state index is 12.1. The predicted octanol–water partition coefficient (Wildman–Crippen LogP) is -0.472. The van der Waals surface area contributed by atoms with Gasteiger partial charge in [0, 0.05) is 45.9 Å². The van der Waals surface area contributed by atoms with Crippen molar-refractivity contribution >= 4 is 15.9 Å². The molecule has 1 rings (SSSR count). The number of piperazine rings is 1. The lowest BCUT2D eigenvalue weighted by Crippen LogP contribution is -2.50. The summed E-state index contributed by atoms with van der Waals surface area (Å²) in [4.78, 5) is 13.5. The smallest absolute Gasteiger partial charge is 0.246 e. The minimum absolute atomic E-state index is 0.0806. The van der Waals surface area contributed by atoms with Gasteiger partial charge in [0.2, 0.25) is 15.9 Å². The Kier molecular flexibility index (Phi) is 12.0. The molecule has 27 heavy (non-hydrogen) atoms. The van der Waals surface area contributed by atoms with Crippen molar-refractivity contribution in [2.45, 2.75) is 26.0 Å². The Bertz CT molecular complexity index is 507. The third kappa shape index (κ3) is 9.82. The van der Waals surface area contributed by atoms with Crippen LogP contribution in [0.3, 0.4) is 0 Å². The van der Waals surface area contributed by atoms with Gasteiger partial charge in [0.1, 0.15) is 6.61 Å². The highest BCUT2D eigenvalue weighted by Gasteiger charge is 2.28. The van der Waals surface area contributed by atoms with Gasteiger partial charge in [-0.15, -0.1) is 0 Å². The summed E-state index contributed by atoms with van der Waals surface area (Å²) in [5.74, 6) is -0.141. The molecule has 1 aliphatic heterocycles. The highest BCUT2D eigenvalue weighted by molar-refractivity contribution is 7.89. The molecular weight excluding hydrogens is 374 g/mol. The van der Waals surface area contributed by atoms with E-state index in [4.69, 9.17) is 14.2 Å². The van der Waals surface area contributed by atoms with Crippen LogP contribution < -0.4 is 5.32 Å². The first-order chi connectivity index (χ1) is 12.9.